The van der Waals surface area contributed by atoms with Crippen molar-refractivity contribution in [1.82, 2.24) is 4.31 Å². The molecule has 0 amide bonds. The first-order chi connectivity index (χ1) is 12.0. The molecule has 0 bridgehead atoms. The van der Waals surface area contributed by atoms with Crippen LogP contribution in [0, 0.1) is 6.92 Å². The second-order valence-corrected chi connectivity index (χ2v) is 8.74. The highest BCUT2D eigenvalue weighted by Crippen LogP contribution is 2.30. The lowest BCUT2D eigenvalue weighted by atomic mass is 9.95. The Morgan fingerprint density at radius 2 is 1.72 bits per heavy atom. The molecule has 0 saturated heterocycles. The van der Waals surface area contributed by atoms with Crippen LogP contribution in [0.3, 0.4) is 0 Å². The van der Waals surface area contributed by atoms with E-state index in [1.807, 2.05) is 37.3 Å². The molecule has 2 aromatic rings. The summed E-state index contributed by atoms with van der Waals surface area (Å²) in [7, 11) is -3.58. The highest BCUT2D eigenvalue weighted by atomic mass is 32.2. The van der Waals surface area contributed by atoms with Gasteiger partial charge < -0.3 is 5.73 Å². The van der Waals surface area contributed by atoms with Crippen molar-refractivity contribution in [1.29, 1.82) is 0 Å². The minimum Gasteiger partial charge on any atom is -0.398 e. The fourth-order valence-electron chi connectivity index (χ4n) is 3.46. The summed E-state index contributed by atoms with van der Waals surface area (Å²) in [6, 6.07) is 14.9. The van der Waals surface area contributed by atoms with E-state index in [4.69, 9.17) is 5.73 Å². The molecule has 1 saturated carbocycles. The van der Waals surface area contributed by atoms with Crippen molar-refractivity contribution >= 4 is 15.7 Å². The second-order valence-electron chi connectivity index (χ2n) is 6.85. The molecule has 4 nitrogen and oxygen atoms in total. The number of sulfonamides is 1. The SMILES string of the molecule is Cc1ccc(S(=O)(=O)N(Cc2ccccc2)C2CCCCC2)cc1N. The summed E-state index contributed by atoms with van der Waals surface area (Å²) in [5.74, 6) is 0. The van der Waals surface area contributed by atoms with E-state index in [1.54, 1.807) is 22.5 Å². The number of hydrogen-bond acceptors (Lipinski definition) is 3. The summed E-state index contributed by atoms with van der Waals surface area (Å²) in [5.41, 5.74) is 8.39. The number of benzene rings is 2. The van der Waals surface area contributed by atoms with Crippen molar-refractivity contribution in [3.63, 3.8) is 0 Å². The van der Waals surface area contributed by atoms with Crippen LogP contribution in [-0.2, 0) is 16.6 Å². The van der Waals surface area contributed by atoms with Crippen LogP contribution in [0.1, 0.15) is 43.2 Å². The molecule has 0 atom stereocenters. The van der Waals surface area contributed by atoms with Gasteiger partial charge in [0.1, 0.15) is 0 Å². The maximum absolute atomic E-state index is 13.4. The van der Waals surface area contributed by atoms with E-state index in [1.165, 1.54) is 6.42 Å². The van der Waals surface area contributed by atoms with E-state index in [0.29, 0.717) is 12.2 Å². The minimum absolute atomic E-state index is 0.0569. The van der Waals surface area contributed by atoms with Gasteiger partial charge in [-0.2, -0.15) is 4.31 Å². The molecular weight excluding hydrogens is 332 g/mol. The van der Waals surface area contributed by atoms with Crippen LogP contribution >= 0.6 is 0 Å². The van der Waals surface area contributed by atoms with Crippen LogP contribution in [0.2, 0.25) is 0 Å². The molecule has 3 rings (SSSR count). The zero-order chi connectivity index (χ0) is 17.9. The minimum atomic E-state index is -3.58. The van der Waals surface area contributed by atoms with Crippen LogP contribution in [-0.4, -0.2) is 18.8 Å². The smallest absolute Gasteiger partial charge is 0.243 e. The molecule has 0 unspecified atom stereocenters. The maximum atomic E-state index is 13.4. The normalized spacial score (nSPS) is 16.2. The maximum Gasteiger partial charge on any atom is 0.243 e. The molecule has 2 aromatic carbocycles. The lowest BCUT2D eigenvalue weighted by molar-refractivity contribution is 0.247. The highest BCUT2D eigenvalue weighted by molar-refractivity contribution is 7.89. The zero-order valence-corrected chi connectivity index (χ0v) is 15.5. The Bertz CT molecular complexity index is 813. The molecule has 2 N–H and O–H groups in total. The summed E-state index contributed by atoms with van der Waals surface area (Å²) in [6.45, 7) is 2.29. The molecule has 134 valence electrons. The van der Waals surface area contributed by atoms with Crippen molar-refractivity contribution < 1.29 is 8.42 Å². The number of aryl methyl sites for hydroxylation is 1. The predicted molar refractivity (Wildman–Crippen MR) is 102 cm³/mol. The van der Waals surface area contributed by atoms with Gasteiger partial charge in [0.25, 0.3) is 0 Å². The molecule has 1 aliphatic carbocycles. The largest absolute Gasteiger partial charge is 0.398 e. The molecule has 0 spiro atoms. The number of anilines is 1. The molecule has 1 aliphatic rings. The molecule has 25 heavy (non-hydrogen) atoms. The van der Waals surface area contributed by atoms with Gasteiger partial charge in [0, 0.05) is 18.3 Å². The van der Waals surface area contributed by atoms with Crippen molar-refractivity contribution in [2.45, 2.75) is 56.5 Å². The second kappa shape index (κ2) is 7.58. The van der Waals surface area contributed by atoms with Gasteiger partial charge in [-0.25, -0.2) is 8.42 Å². The summed E-state index contributed by atoms with van der Waals surface area (Å²) in [6.07, 6.45) is 5.21. The van der Waals surface area contributed by atoms with Gasteiger partial charge in [-0.05, 0) is 43.0 Å². The van der Waals surface area contributed by atoms with Crippen LogP contribution in [0.4, 0.5) is 5.69 Å². The number of hydrogen-bond donors (Lipinski definition) is 1. The van der Waals surface area contributed by atoms with E-state index in [-0.39, 0.29) is 10.9 Å². The van der Waals surface area contributed by atoms with Crippen molar-refractivity contribution in [3.8, 4) is 0 Å². The quantitative estimate of drug-likeness (QED) is 0.819. The van der Waals surface area contributed by atoms with Gasteiger partial charge >= 0.3 is 0 Å². The predicted octanol–water partition coefficient (Wildman–Crippen LogP) is 4.10. The third kappa shape index (κ3) is 4.05. The van der Waals surface area contributed by atoms with Crippen LogP contribution in [0.25, 0.3) is 0 Å². The standard InChI is InChI=1S/C20H26N2O2S/c1-16-12-13-19(14-20(16)21)25(23,24)22(18-10-6-3-7-11-18)15-17-8-4-2-5-9-17/h2,4-5,8-9,12-14,18H,3,6-7,10-11,15,21H2,1H3. The molecule has 0 heterocycles. The summed E-state index contributed by atoms with van der Waals surface area (Å²) in [4.78, 5) is 0.289. The van der Waals surface area contributed by atoms with E-state index in [9.17, 15) is 8.42 Å². The Morgan fingerprint density at radius 3 is 2.36 bits per heavy atom. The number of nitrogens with zero attached hydrogens (tertiary/aromatic N) is 1. The Labute approximate surface area is 150 Å². The van der Waals surface area contributed by atoms with E-state index >= 15 is 0 Å². The van der Waals surface area contributed by atoms with E-state index in [2.05, 4.69) is 0 Å². The Balaban J connectivity index is 1.97. The topological polar surface area (TPSA) is 63.4 Å². The van der Waals surface area contributed by atoms with Crippen molar-refractivity contribution in [3.05, 3.63) is 59.7 Å². The first kappa shape index (κ1) is 18.0. The molecule has 1 fully saturated rings. The Hall–Kier alpha value is -1.85. The number of rotatable bonds is 5. The summed E-state index contributed by atoms with van der Waals surface area (Å²) < 4.78 is 28.4. The average Bonchev–Trinajstić information content (AvgIpc) is 2.63. The van der Waals surface area contributed by atoms with Gasteiger partial charge in [-0.1, -0.05) is 55.7 Å². The zero-order valence-electron chi connectivity index (χ0n) is 14.7. The third-order valence-electron chi connectivity index (χ3n) is 5.02. The first-order valence-electron chi connectivity index (χ1n) is 8.90. The van der Waals surface area contributed by atoms with Crippen molar-refractivity contribution in [2.24, 2.45) is 0 Å². The monoisotopic (exact) mass is 358 g/mol. The van der Waals surface area contributed by atoms with Gasteiger partial charge in [-0.3, -0.25) is 0 Å². The van der Waals surface area contributed by atoms with Gasteiger partial charge in [0.15, 0.2) is 0 Å². The van der Waals surface area contributed by atoms with Gasteiger partial charge in [0.2, 0.25) is 10.0 Å². The van der Waals surface area contributed by atoms with Gasteiger partial charge in [0.05, 0.1) is 4.90 Å². The van der Waals surface area contributed by atoms with Gasteiger partial charge in [-0.15, -0.1) is 0 Å². The Kier molecular flexibility index (Phi) is 5.45. The Morgan fingerprint density at radius 1 is 1.04 bits per heavy atom. The van der Waals surface area contributed by atoms with Crippen molar-refractivity contribution in [2.75, 3.05) is 5.73 Å². The molecule has 5 heteroatoms. The molecule has 0 aromatic heterocycles. The first-order valence-corrected chi connectivity index (χ1v) is 10.3. The lowest BCUT2D eigenvalue weighted by Crippen LogP contribution is -2.40. The molecular formula is C20H26N2O2S. The molecule has 0 aliphatic heterocycles. The van der Waals surface area contributed by atoms with Crippen LogP contribution in [0.15, 0.2) is 53.4 Å². The van der Waals surface area contributed by atoms with E-state index in [0.717, 1.165) is 36.8 Å². The highest BCUT2D eigenvalue weighted by Gasteiger charge is 2.32. The summed E-state index contributed by atoms with van der Waals surface area (Å²) in [5, 5.41) is 0. The van der Waals surface area contributed by atoms with E-state index < -0.39 is 10.0 Å². The fraction of sp³-hybridized carbons (Fsp3) is 0.400. The molecule has 0 radical (unpaired) electrons. The average molecular weight is 359 g/mol. The number of nitrogens with two attached hydrogens (primary N) is 1. The lowest BCUT2D eigenvalue weighted by Gasteiger charge is -2.33. The van der Waals surface area contributed by atoms with Crippen LogP contribution in [0.5, 0.6) is 0 Å². The van der Waals surface area contributed by atoms with Crippen LogP contribution < -0.4 is 5.73 Å². The number of nitrogen functional groups attached to an aromatic ring is 1. The fourth-order valence-corrected chi connectivity index (χ4v) is 5.17. The summed E-state index contributed by atoms with van der Waals surface area (Å²) >= 11 is 0. The third-order valence-corrected chi connectivity index (χ3v) is 6.91.